The molecule has 162 valence electrons. The molecule has 0 spiro atoms. The van der Waals surface area contributed by atoms with Crippen LogP contribution in [0, 0.1) is 5.92 Å². The summed E-state index contributed by atoms with van der Waals surface area (Å²) in [6.45, 7) is 7.18. The van der Waals surface area contributed by atoms with Gasteiger partial charge in [-0.1, -0.05) is 26.2 Å². The molecule has 1 unspecified atom stereocenters. The molecule has 4 rings (SSSR count). The minimum absolute atomic E-state index is 0.405. The summed E-state index contributed by atoms with van der Waals surface area (Å²) >= 11 is 0. The molecule has 1 atom stereocenters. The molecule has 3 N–H and O–H groups in total. The van der Waals surface area contributed by atoms with Crippen molar-refractivity contribution >= 4 is 17.3 Å². The van der Waals surface area contributed by atoms with Crippen LogP contribution in [0.25, 0.3) is 0 Å². The van der Waals surface area contributed by atoms with Crippen molar-refractivity contribution in [3.8, 4) is 6.01 Å². The quantitative estimate of drug-likeness (QED) is 0.607. The fourth-order valence-corrected chi connectivity index (χ4v) is 5.15. The van der Waals surface area contributed by atoms with E-state index in [9.17, 15) is 0 Å². The maximum atomic E-state index is 6.13. The first-order valence-corrected chi connectivity index (χ1v) is 11.8. The molecule has 1 saturated heterocycles. The van der Waals surface area contributed by atoms with Gasteiger partial charge < -0.3 is 25.6 Å². The maximum Gasteiger partial charge on any atom is 0.320 e. The average molecular weight is 403 g/mol. The first-order chi connectivity index (χ1) is 14.2. The number of anilines is 3. The smallest absolute Gasteiger partial charge is 0.320 e. The van der Waals surface area contributed by atoms with E-state index < -0.39 is 0 Å². The Morgan fingerprint density at radius 1 is 1.14 bits per heavy atom. The van der Waals surface area contributed by atoms with Crippen LogP contribution in [0.2, 0.25) is 0 Å². The molecule has 1 aromatic rings. The van der Waals surface area contributed by atoms with Gasteiger partial charge in [-0.2, -0.15) is 9.97 Å². The lowest BCUT2D eigenvalue weighted by atomic mass is 9.92. The zero-order valence-electron chi connectivity index (χ0n) is 18.0. The van der Waals surface area contributed by atoms with Crippen LogP contribution in [0.1, 0.15) is 71.1 Å². The van der Waals surface area contributed by atoms with Crippen molar-refractivity contribution in [3.63, 3.8) is 0 Å². The molecule has 0 amide bonds. The zero-order chi connectivity index (χ0) is 20.1. The lowest BCUT2D eigenvalue weighted by molar-refractivity contribution is 0.120. The molecule has 29 heavy (non-hydrogen) atoms. The van der Waals surface area contributed by atoms with Crippen molar-refractivity contribution in [3.05, 3.63) is 0 Å². The van der Waals surface area contributed by atoms with Gasteiger partial charge in [0, 0.05) is 19.1 Å². The monoisotopic (exact) mass is 402 g/mol. The van der Waals surface area contributed by atoms with Gasteiger partial charge in [-0.05, 0) is 57.4 Å². The number of aromatic nitrogens is 2. The number of nitrogens with one attached hydrogen (secondary N) is 1. The van der Waals surface area contributed by atoms with E-state index in [0.29, 0.717) is 18.4 Å². The van der Waals surface area contributed by atoms with Crippen LogP contribution in [0.5, 0.6) is 6.01 Å². The number of nitrogen functional groups attached to an aromatic ring is 1. The summed E-state index contributed by atoms with van der Waals surface area (Å²) < 4.78 is 5.70. The second-order valence-corrected chi connectivity index (χ2v) is 8.97. The normalized spacial score (nSPS) is 22.7. The first kappa shape index (κ1) is 20.5. The molecule has 2 aliphatic heterocycles. The number of hydrogen-bond acceptors (Lipinski definition) is 7. The summed E-state index contributed by atoms with van der Waals surface area (Å²) in [5.41, 5.74) is 6.99. The minimum Gasteiger partial charge on any atom is -0.463 e. The zero-order valence-corrected chi connectivity index (χ0v) is 18.0. The lowest BCUT2D eigenvalue weighted by Gasteiger charge is -2.37. The molecule has 3 aliphatic rings. The molecule has 0 radical (unpaired) electrons. The summed E-state index contributed by atoms with van der Waals surface area (Å²) in [6.07, 6.45) is 13.1. The second kappa shape index (κ2) is 9.83. The van der Waals surface area contributed by atoms with E-state index in [1.807, 2.05) is 0 Å². The van der Waals surface area contributed by atoms with Crippen molar-refractivity contribution in [2.24, 2.45) is 5.92 Å². The molecule has 2 fully saturated rings. The van der Waals surface area contributed by atoms with Crippen molar-refractivity contribution in [1.29, 1.82) is 0 Å². The first-order valence-electron chi connectivity index (χ1n) is 11.8. The van der Waals surface area contributed by atoms with Crippen LogP contribution in [0.4, 0.5) is 17.3 Å². The van der Waals surface area contributed by atoms with E-state index in [1.54, 1.807) is 0 Å². The van der Waals surface area contributed by atoms with Gasteiger partial charge in [0.05, 0.1) is 13.3 Å². The number of ether oxygens (including phenoxy) is 1. The van der Waals surface area contributed by atoms with Gasteiger partial charge in [0.25, 0.3) is 0 Å². The highest BCUT2D eigenvalue weighted by molar-refractivity contribution is 5.80. The van der Waals surface area contributed by atoms with Gasteiger partial charge in [0.2, 0.25) is 0 Å². The van der Waals surface area contributed by atoms with E-state index in [2.05, 4.69) is 32.0 Å². The molecule has 3 heterocycles. The standard InChI is InChI=1S/C22H38N6O/c1-2-3-14-29-22-25-20(23)19-21(26-22)28(16-24-19)13-7-9-17-8-6-12-27(15-17)18-10-4-5-11-18/h17-18,24H,2-16H2,1H3,(H2,23,25,26). The Morgan fingerprint density at radius 3 is 2.83 bits per heavy atom. The largest absolute Gasteiger partial charge is 0.463 e. The molecule has 1 aliphatic carbocycles. The number of unbranched alkanes of at least 4 members (excludes halogenated alkanes) is 1. The van der Waals surface area contributed by atoms with Crippen LogP contribution < -0.4 is 20.7 Å². The highest BCUT2D eigenvalue weighted by Crippen LogP contribution is 2.35. The molecule has 7 heteroatoms. The minimum atomic E-state index is 0.405. The van der Waals surface area contributed by atoms with Gasteiger partial charge in [0.1, 0.15) is 5.69 Å². The van der Waals surface area contributed by atoms with Gasteiger partial charge in [-0.15, -0.1) is 0 Å². The number of nitrogens with zero attached hydrogens (tertiary/aromatic N) is 4. The summed E-state index contributed by atoms with van der Waals surface area (Å²) in [6, 6.07) is 1.28. The number of rotatable bonds is 9. The Labute approximate surface area is 175 Å². The highest BCUT2D eigenvalue weighted by Gasteiger charge is 2.28. The SMILES string of the molecule is CCCCOc1nc(N)c2c(n1)N(CCCC1CCCN(C3CCCC3)C1)CN2. The molecule has 1 aromatic heterocycles. The van der Waals surface area contributed by atoms with Crippen molar-refractivity contribution in [2.75, 3.05) is 48.9 Å². The van der Waals surface area contributed by atoms with E-state index >= 15 is 0 Å². The fourth-order valence-electron chi connectivity index (χ4n) is 5.15. The Hall–Kier alpha value is -1.76. The number of fused-ring (bicyclic) bond motifs is 1. The van der Waals surface area contributed by atoms with Gasteiger partial charge in [-0.25, -0.2) is 0 Å². The molecule has 0 bridgehead atoms. The molecular weight excluding hydrogens is 364 g/mol. The highest BCUT2D eigenvalue weighted by atomic mass is 16.5. The number of nitrogens with two attached hydrogens (primary N) is 1. The third kappa shape index (κ3) is 5.05. The van der Waals surface area contributed by atoms with Crippen molar-refractivity contribution in [1.82, 2.24) is 14.9 Å². The topological polar surface area (TPSA) is 79.5 Å². The number of likely N-dealkylation sites (tertiary alicyclic amines) is 1. The van der Waals surface area contributed by atoms with Crippen LogP contribution in [-0.2, 0) is 0 Å². The van der Waals surface area contributed by atoms with Crippen LogP contribution in [-0.4, -0.2) is 53.8 Å². The van der Waals surface area contributed by atoms with Crippen LogP contribution in [0.15, 0.2) is 0 Å². The lowest BCUT2D eigenvalue weighted by Crippen LogP contribution is -2.41. The third-order valence-corrected chi connectivity index (χ3v) is 6.80. The average Bonchev–Trinajstić information content (AvgIpc) is 3.39. The fraction of sp³-hybridized carbons (Fsp3) is 0.818. The van der Waals surface area contributed by atoms with Crippen LogP contribution >= 0.6 is 0 Å². The van der Waals surface area contributed by atoms with Gasteiger partial charge in [0.15, 0.2) is 11.6 Å². The van der Waals surface area contributed by atoms with Crippen molar-refractivity contribution in [2.45, 2.75) is 77.2 Å². The summed E-state index contributed by atoms with van der Waals surface area (Å²) in [5.74, 6) is 2.24. The van der Waals surface area contributed by atoms with E-state index in [4.69, 9.17) is 10.5 Å². The maximum absolute atomic E-state index is 6.13. The number of hydrogen-bond donors (Lipinski definition) is 2. The summed E-state index contributed by atoms with van der Waals surface area (Å²) in [4.78, 5) is 14.0. The van der Waals surface area contributed by atoms with E-state index in [-0.39, 0.29) is 0 Å². The Balaban J connectivity index is 1.28. The predicted octanol–water partition coefficient (Wildman–Crippen LogP) is 3.86. The molecule has 7 nitrogen and oxygen atoms in total. The Morgan fingerprint density at radius 2 is 2.00 bits per heavy atom. The van der Waals surface area contributed by atoms with Gasteiger partial charge in [-0.3, -0.25) is 0 Å². The predicted molar refractivity (Wildman–Crippen MR) is 118 cm³/mol. The van der Waals surface area contributed by atoms with E-state index in [1.165, 1.54) is 64.5 Å². The second-order valence-electron chi connectivity index (χ2n) is 8.97. The molecule has 1 saturated carbocycles. The van der Waals surface area contributed by atoms with Gasteiger partial charge >= 0.3 is 6.01 Å². The Kier molecular flexibility index (Phi) is 6.95. The number of piperidine rings is 1. The van der Waals surface area contributed by atoms with E-state index in [0.717, 1.165) is 49.5 Å². The third-order valence-electron chi connectivity index (χ3n) is 6.80. The summed E-state index contributed by atoms with van der Waals surface area (Å²) in [7, 11) is 0. The Bertz CT molecular complexity index is 663. The molecule has 0 aromatic carbocycles. The van der Waals surface area contributed by atoms with Crippen molar-refractivity contribution < 1.29 is 4.74 Å². The molecular formula is C22H38N6O. The van der Waals surface area contributed by atoms with Crippen LogP contribution in [0.3, 0.4) is 0 Å². The summed E-state index contributed by atoms with van der Waals surface area (Å²) in [5, 5.41) is 3.36.